The molecule has 2 heterocycles. The molecule has 0 aromatic heterocycles. The molecule has 0 bridgehead atoms. The topological polar surface area (TPSA) is 69.7 Å². The van der Waals surface area contributed by atoms with E-state index in [1.54, 1.807) is 12.1 Å². The van der Waals surface area contributed by atoms with Crippen LogP contribution in [0, 0.1) is 19.8 Å². The summed E-state index contributed by atoms with van der Waals surface area (Å²) in [5.74, 6) is 0.0715. The van der Waals surface area contributed by atoms with E-state index in [1.807, 2.05) is 55.1 Å². The Morgan fingerprint density at radius 2 is 1.65 bits per heavy atom. The number of anilines is 1. The number of rotatable bonds is 5. The number of aryl methyl sites for hydroxylation is 2. The molecule has 7 heteroatoms. The Bertz CT molecular complexity index is 1030. The van der Waals surface area contributed by atoms with Crippen molar-refractivity contribution in [3.63, 3.8) is 0 Å². The minimum atomic E-state index is -3.51. The van der Waals surface area contributed by atoms with E-state index in [9.17, 15) is 13.2 Å². The molecule has 2 aromatic rings. The molecule has 0 radical (unpaired) electrons. The van der Waals surface area contributed by atoms with E-state index in [1.165, 1.54) is 4.31 Å². The summed E-state index contributed by atoms with van der Waals surface area (Å²) in [7, 11) is -3.51. The summed E-state index contributed by atoms with van der Waals surface area (Å²) in [6.45, 7) is 6.14. The first kappa shape index (κ1) is 21.8. The molecule has 0 aliphatic carbocycles. The number of nitrogens with zero attached hydrogens (tertiary/aromatic N) is 2. The molecule has 2 aliphatic heterocycles. The van der Waals surface area contributed by atoms with Gasteiger partial charge in [-0.3, -0.25) is 4.79 Å². The number of carbonyl (C=O) groups is 1. The fraction of sp³-hybridized carbons (Fsp3) is 0.458. The maximum Gasteiger partial charge on any atom is 0.243 e. The third-order valence-corrected chi connectivity index (χ3v) is 8.46. The van der Waals surface area contributed by atoms with Gasteiger partial charge in [-0.15, -0.1) is 0 Å². The van der Waals surface area contributed by atoms with Crippen LogP contribution in [0.3, 0.4) is 0 Å². The largest absolute Gasteiger partial charge is 0.380 e. The van der Waals surface area contributed by atoms with Gasteiger partial charge in [0, 0.05) is 43.8 Å². The van der Waals surface area contributed by atoms with E-state index in [0.29, 0.717) is 37.4 Å². The van der Waals surface area contributed by atoms with Gasteiger partial charge < -0.3 is 10.2 Å². The van der Waals surface area contributed by atoms with Gasteiger partial charge in [-0.05, 0) is 68.5 Å². The average Bonchev–Trinajstić information content (AvgIpc) is 3.24. The predicted molar refractivity (Wildman–Crippen MR) is 122 cm³/mol. The van der Waals surface area contributed by atoms with Gasteiger partial charge in [0.1, 0.15) is 0 Å². The van der Waals surface area contributed by atoms with Crippen molar-refractivity contribution in [3.05, 3.63) is 59.7 Å². The Kier molecular flexibility index (Phi) is 6.34. The lowest BCUT2D eigenvalue weighted by Crippen LogP contribution is -2.44. The van der Waals surface area contributed by atoms with E-state index in [-0.39, 0.29) is 17.9 Å². The van der Waals surface area contributed by atoms with Gasteiger partial charge in [-0.2, -0.15) is 4.31 Å². The average molecular weight is 442 g/mol. The Hall–Kier alpha value is -2.38. The lowest BCUT2D eigenvalue weighted by atomic mass is 9.96. The van der Waals surface area contributed by atoms with Crippen LogP contribution in [0.15, 0.2) is 53.4 Å². The van der Waals surface area contributed by atoms with Crippen LogP contribution < -0.4 is 5.32 Å². The van der Waals surface area contributed by atoms with Crippen molar-refractivity contribution < 1.29 is 13.2 Å². The van der Waals surface area contributed by atoms with Gasteiger partial charge >= 0.3 is 0 Å². The molecule has 2 saturated heterocycles. The molecular formula is C24H31N3O3S. The second-order valence-corrected chi connectivity index (χ2v) is 10.6. The van der Waals surface area contributed by atoms with Crippen LogP contribution in [-0.4, -0.2) is 55.8 Å². The van der Waals surface area contributed by atoms with Crippen LogP contribution in [0.1, 0.15) is 30.4 Å². The fourth-order valence-corrected chi connectivity index (χ4v) is 6.03. The molecule has 1 N–H and O–H groups in total. The van der Waals surface area contributed by atoms with Crippen LogP contribution >= 0.6 is 0 Å². The van der Waals surface area contributed by atoms with Gasteiger partial charge in [0.2, 0.25) is 15.9 Å². The third-order valence-electron chi connectivity index (χ3n) is 6.56. The number of hydrogen-bond donors (Lipinski definition) is 1. The van der Waals surface area contributed by atoms with Crippen LogP contribution in [-0.2, 0) is 14.8 Å². The molecule has 166 valence electrons. The highest BCUT2D eigenvalue weighted by molar-refractivity contribution is 7.89. The number of hydrogen-bond acceptors (Lipinski definition) is 4. The summed E-state index contributed by atoms with van der Waals surface area (Å²) >= 11 is 0. The van der Waals surface area contributed by atoms with E-state index < -0.39 is 10.0 Å². The number of para-hydroxylation sites is 1. The first-order valence-corrected chi connectivity index (χ1v) is 12.5. The van der Waals surface area contributed by atoms with Crippen molar-refractivity contribution in [2.24, 2.45) is 5.92 Å². The van der Waals surface area contributed by atoms with Gasteiger partial charge in [-0.25, -0.2) is 8.42 Å². The number of benzene rings is 2. The summed E-state index contributed by atoms with van der Waals surface area (Å²) in [5.41, 5.74) is 3.12. The first-order chi connectivity index (χ1) is 14.8. The van der Waals surface area contributed by atoms with Crippen molar-refractivity contribution >= 4 is 21.6 Å². The van der Waals surface area contributed by atoms with Crippen molar-refractivity contribution in [2.75, 3.05) is 31.5 Å². The predicted octanol–water partition coefficient (Wildman–Crippen LogP) is 3.42. The van der Waals surface area contributed by atoms with Crippen LogP contribution in [0.25, 0.3) is 0 Å². The van der Waals surface area contributed by atoms with Crippen LogP contribution in [0.4, 0.5) is 5.69 Å². The molecule has 31 heavy (non-hydrogen) atoms. The Morgan fingerprint density at radius 1 is 0.935 bits per heavy atom. The maximum absolute atomic E-state index is 13.0. The third kappa shape index (κ3) is 4.77. The molecule has 0 spiro atoms. The monoisotopic (exact) mass is 441 g/mol. The van der Waals surface area contributed by atoms with E-state index in [0.717, 1.165) is 29.8 Å². The van der Waals surface area contributed by atoms with Gasteiger partial charge in [-0.1, -0.05) is 24.3 Å². The van der Waals surface area contributed by atoms with Gasteiger partial charge in [0.05, 0.1) is 4.90 Å². The highest BCUT2D eigenvalue weighted by atomic mass is 32.2. The highest BCUT2D eigenvalue weighted by Gasteiger charge is 2.36. The Morgan fingerprint density at radius 3 is 2.32 bits per heavy atom. The number of nitrogens with one attached hydrogen (secondary N) is 1. The minimum absolute atomic E-state index is 0.0957. The van der Waals surface area contributed by atoms with Crippen molar-refractivity contribution in [3.8, 4) is 0 Å². The van der Waals surface area contributed by atoms with Gasteiger partial charge in [0.15, 0.2) is 0 Å². The zero-order valence-corrected chi connectivity index (χ0v) is 19.1. The first-order valence-electron chi connectivity index (χ1n) is 11.0. The SMILES string of the molecule is Cc1ccc(S(=O)(=O)N2CCC(C(=O)N3CCC(Nc4ccccc4)C3)CC2)cc1C. The number of carbonyl (C=O) groups excluding carboxylic acids is 1. The van der Waals surface area contributed by atoms with E-state index in [4.69, 9.17) is 0 Å². The molecule has 2 aromatic carbocycles. The van der Waals surface area contributed by atoms with Crippen molar-refractivity contribution in [1.82, 2.24) is 9.21 Å². The number of piperidine rings is 1. The normalized spacial score (nSPS) is 20.7. The maximum atomic E-state index is 13.0. The highest BCUT2D eigenvalue weighted by Crippen LogP contribution is 2.27. The molecule has 1 unspecified atom stereocenters. The number of sulfonamides is 1. The summed E-state index contributed by atoms with van der Waals surface area (Å²) < 4.78 is 27.6. The molecule has 1 amide bonds. The molecule has 2 aliphatic rings. The second kappa shape index (κ2) is 9.01. The summed E-state index contributed by atoms with van der Waals surface area (Å²) in [6.07, 6.45) is 2.09. The zero-order valence-electron chi connectivity index (χ0n) is 18.3. The smallest absolute Gasteiger partial charge is 0.243 e. The second-order valence-electron chi connectivity index (χ2n) is 8.70. The Labute approximate surface area is 185 Å². The standard InChI is InChI=1S/C24H31N3O3S/c1-18-8-9-23(16-19(18)2)31(29,30)27-14-10-20(11-15-27)24(28)26-13-12-22(17-26)25-21-6-4-3-5-7-21/h3-9,16,20,22,25H,10-15,17H2,1-2H3. The van der Waals surface area contributed by atoms with Crippen molar-refractivity contribution in [2.45, 2.75) is 44.0 Å². The van der Waals surface area contributed by atoms with Gasteiger partial charge in [0.25, 0.3) is 0 Å². The molecule has 0 saturated carbocycles. The fourth-order valence-electron chi connectivity index (χ4n) is 4.47. The van der Waals surface area contributed by atoms with Crippen LogP contribution in [0.5, 0.6) is 0 Å². The quantitative estimate of drug-likeness (QED) is 0.772. The summed E-state index contributed by atoms with van der Waals surface area (Å²) in [4.78, 5) is 15.3. The number of amides is 1. The number of likely N-dealkylation sites (tertiary alicyclic amines) is 1. The molecule has 6 nitrogen and oxygen atoms in total. The molecule has 1 atom stereocenters. The lowest BCUT2D eigenvalue weighted by molar-refractivity contribution is -0.135. The van der Waals surface area contributed by atoms with E-state index in [2.05, 4.69) is 5.32 Å². The van der Waals surface area contributed by atoms with E-state index >= 15 is 0 Å². The summed E-state index contributed by atoms with van der Waals surface area (Å²) in [5, 5.41) is 3.50. The zero-order chi connectivity index (χ0) is 22.0. The van der Waals surface area contributed by atoms with Crippen LogP contribution in [0.2, 0.25) is 0 Å². The molecule has 4 rings (SSSR count). The minimum Gasteiger partial charge on any atom is -0.380 e. The van der Waals surface area contributed by atoms with Crippen molar-refractivity contribution in [1.29, 1.82) is 0 Å². The molecule has 2 fully saturated rings. The Balaban J connectivity index is 1.32. The lowest BCUT2D eigenvalue weighted by Gasteiger charge is -2.32. The molecular weight excluding hydrogens is 410 g/mol. The summed E-state index contributed by atoms with van der Waals surface area (Å²) in [6, 6.07) is 15.6.